The summed E-state index contributed by atoms with van der Waals surface area (Å²) >= 11 is 0. The van der Waals surface area contributed by atoms with Gasteiger partial charge in [0.05, 0.1) is 10.6 Å². The fourth-order valence-electron chi connectivity index (χ4n) is 1.92. The molecule has 2 aromatic carbocycles. The number of rotatable bonds is 4. The van der Waals surface area contributed by atoms with Crippen LogP contribution in [0.5, 0.6) is 0 Å². The number of hydrogen-bond donors (Lipinski definition) is 1. The summed E-state index contributed by atoms with van der Waals surface area (Å²) in [4.78, 5) is 2.56. The zero-order valence-corrected chi connectivity index (χ0v) is 13.1. The Morgan fingerprint density at radius 1 is 1.05 bits per heavy atom. The second kappa shape index (κ2) is 6.10. The van der Waals surface area contributed by atoms with Gasteiger partial charge in [0, 0.05) is 0 Å². The first kappa shape index (κ1) is 15.3. The molecule has 110 valence electrons. The molecule has 0 bridgehead atoms. The Kier molecular flexibility index (Phi) is 4.43. The highest BCUT2D eigenvalue weighted by molar-refractivity contribution is 7.89. The van der Waals surface area contributed by atoms with Gasteiger partial charge in [-0.1, -0.05) is 42.5 Å². The van der Waals surface area contributed by atoms with Gasteiger partial charge in [0.15, 0.2) is 0 Å². The maximum absolute atomic E-state index is 12.3. The molecule has 0 aromatic heterocycles. The second-order valence-electron chi connectivity index (χ2n) is 4.93. The number of nitrogens with one attached hydrogen (secondary N) is 1. The SMILES string of the molecule is C/C(=N/NS(=O)(=O)c1cc(C)ccc1C)c1ccccc1. The van der Waals surface area contributed by atoms with Gasteiger partial charge in [-0.05, 0) is 43.5 Å². The van der Waals surface area contributed by atoms with Gasteiger partial charge >= 0.3 is 0 Å². The van der Waals surface area contributed by atoms with Crippen LogP contribution in [0.4, 0.5) is 0 Å². The number of benzene rings is 2. The topological polar surface area (TPSA) is 58.5 Å². The molecule has 0 aliphatic heterocycles. The molecule has 0 spiro atoms. The van der Waals surface area contributed by atoms with Crippen molar-refractivity contribution in [3.05, 3.63) is 65.2 Å². The standard InChI is InChI=1S/C16H18N2O2S/c1-12-9-10-13(2)16(11-12)21(19,20)18-17-14(3)15-7-5-4-6-8-15/h4-11,18H,1-3H3/b17-14-. The van der Waals surface area contributed by atoms with Gasteiger partial charge in [-0.25, -0.2) is 0 Å². The summed E-state index contributed by atoms with van der Waals surface area (Å²) in [6.45, 7) is 5.39. The summed E-state index contributed by atoms with van der Waals surface area (Å²) < 4.78 is 24.6. The molecule has 0 fully saturated rings. The van der Waals surface area contributed by atoms with Crippen molar-refractivity contribution >= 4 is 15.7 Å². The van der Waals surface area contributed by atoms with Crippen molar-refractivity contribution in [2.75, 3.05) is 0 Å². The lowest BCUT2D eigenvalue weighted by atomic mass is 10.1. The lowest BCUT2D eigenvalue weighted by Crippen LogP contribution is -2.21. The van der Waals surface area contributed by atoms with Crippen molar-refractivity contribution in [1.82, 2.24) is 4.83 Å². The van der Waals surface area contributed by atoms with E-state index < -0.39 is 10.0 Å². The lowest BCUT2D eigenvalue weighted by molar-refractivity contribution is 0.583. The van der Waals surface area contributed by atoms with Crippen molar-refractivity contribution in [3.63, 3.8) is 0 Å². The highest BCUT2D eigenvalue weighted by Gasteiger charge is 2.16. The van der Waals surface area contributed by atoms with E-state index in [2.05, 4.69) is 9.93 Å². The summed E-state index contributed by atoms with van der Waals surface area (Å²) in [5, 5.41) is 3.99. The summed E-state index contributed by atoms with van der Waals surface area (Å²) in [5.74, 6) is 0. The Hall–Kier alpha value is -2.14. The molecule has 0 unspecified atom stereocenters. The number of hydrogen-bond acceptors (Lipinski definition) is 3. The molecule has 0 aliphatic carbocycles. The monoisotopic (exact) mass is 302 g/mol. The van der Waals surface area contributed by atoms with Crippen LogP contribution in [0.3, 0.4) is 0 Å². The van der Waals surface area contributed by atoms with E-state index in [1.165, 1.54) is 0 Å². The van der Waals surface area contributed by atoms with Crippen LogP contribution in [0.15, 0.2) is 58.5 Å². The van der Waals surface area contributed by atoms with Gasteiger partial charge < -0.3 is 0 Å². The van der Waals surface area contributed by atoms with E-state index in [-0.39, 0.29) is 4.90 Å². The third-order valence-electron chi connectivity index (χ3n) is 3.16. The van der Waals surface area contributed by atoms with E-state index in [0.29, 0.717) is 11.3 Å². The zero-order valence-electron chi connectivity index (χ0n) is 12.3. The number of sulfonamides is 1. The Balaban J connectivity index is 2.28. The van der Waals surface area contributed by atoms with Crippen LogP contribution in [-0.4, -0.2) is 14.1 Å². The number of nitrogens with zero attached hydrogens (tertiary/aromatic N) is 1. The Bertz CT molecular complexity index is 766. The van der Waals surface area contributed by atoms with Crippen molar-refractivity contribution in [2.45, 2.75) is 25.7 Å². The third kappa shape index (κ3) is 3.70. The van der Waals surface area contributed by atoms with Gasteiger partial charge in [-0.15, -0.1) is 0 Å². The van der Waals surface area contributed by atoms with Crippen LogP contribution in [0.25, 0.3) is 0 Å². The summed E-state index contributed by atoms with van der Waals surface area (Å²) in [5.41, 5.74) is 3.08. The van der Waals surface area contributed by atoms with E-state index in [1.807, 2.05) is 43.3 Å². The molecule has 2 rings (SSSR count). The maximum atomic E-state index is 12.3. The first-order valence-corrected chi connectivity index (χ1v) is 8.07. The van der Waals surface area contributed by atoms with E-state index in [1.54, 1.807) is 26.0 Å². The third-order valence-corrected chi connectivity index (χ3v) is 4.51. The molecule has 0 saturated heterocycles. The molecule has 21 heavy (non-hydrogen) atoms. The fraction of sp³-hybridized carbons (Fsp3) is 0.188. The highest BCUT2D eigenvalue weighted by Crippen LogP contribution is 2.16. The molecule has 0 amide bonds. The van der Waals surface area contributed by atoms with Crippen molar-refractivity contribution in [2.24, 2.45) is 5.10 Å². The minimum absolute atomic E-state index is 0.257. The molecule has 0 saturated carbocycles. The minimum atomic E-state index is -3.65. The largest absolute Gasteiger partial charge is 0.276 e. The Morgan fingerprint density at radius 3 is 2.38 bits per heavy atom. The molecule has 1 N–H and O–H groups in total. The second-order valence-corrected chi connectivity index (χ2v) is 6.56. The zero-order chi connectivity index (χ0) is 15.5. The average molecular weight is 302 g/mol. The van der Waals surface area contributed by atoms with Crippen LogP contribution in [0, 0.1) is 13.8 Å². The summed E-state index contributed by atoms with van der Waals surface area (Å²) in [6.07, 6.45) is 0. The highest BCUT2D eigenvalue weighted by atomic mass is 32.2. The number of aryl methyl sites for hydroxylation is 2. The van der Waals surface area contributed by atoms with Gasteiger partial charge in [0.2, 0.25) is 0 Å². The fourth-order valence-corrected chi connectivity index (χ4v) is 3.11. The van der Waals surface area contributed by atoms with E-state index >= 15 is 0 Å². The molecule has 0 aliphatic rings. The van der Waals surface area contributed by atoms with Crippen molar-refractivity contribution < 1.29 is 8.42 Å². The smallest absolute Gasteiger partial charge is 0.200 e. The predicted octanol–water partition coefficient (Wildman–Crippen LogP) is 3.01. The van der Waals surface area contributed by atoms with Crippen LogP contribution < -0.4 is 4.83 Å². The lowest BCUT2D eigenvalue weighted by Gasteiger charge is -2.09. The van der Waals surface area contributed by atoms with Crippen molar-refractivity contribution in [1.29, 1.82) is 0 Å². The molecule has 2 aromatic rings. The van der Waals surface area contributed by atoms with Gasteiger partial charge in [-0.3, -0.25) is 0 Å². The normalized spacial score (nSPS) is 12.2. The molecule has 0 radical (unpaired) electrons. The molecule has 5 heteroatoms. The quantitative estimate of drug-likeness (QED) is 0.697. The van der Waals surface area contributed by atoms with Crippen molar-refractivity contribution in [3.8, 4) is 0 Å². The van der Waals surface area contributed by atoms with Crippen LogP contribution in [-0.2, 0) is 10.0 Å². The van der Waals surface area contributed by atoms with E-state index in [0.717, 1.165) is 11.1 Å². The van der Waals surface area contributed by atoms with Gasteiger partial charge in [-0.2, -0.15) is 18.4 Å². The van der Waals surface area contributed by atoms with Crippen LogP contribution >= 0.6 is 0 Å². The number of hydrazone groups is 1. The summed E-state index contributed by atoms with van der Waals surface area (Å²) in [7, 11) is -3.65. The first-order chi connectivity index (χ1) is 9.90. The Morgan fingerprint density at radius 2 is 1.71 bits per heavy atom. The molecular weight excluding hydrogens is 284 g/mol. The maximum Gasteiger partial charge on any atom is 0.276 e. The van der Waals surface area contributed by atoms with Crippen LogP contribution in [0.2, 0.25) is 0 Å². The predicted molar refractivity (Wildman–Crippen MR) is 84.9 cm³/mol. The first-order valence-electron chi connectivity index (χ1n) is 6.59. The molecule has 0 heterocycles. The minimum Gasteiger partial charge on any atom is -0.200 e. The Labute approximate surface area is 125 Å². The van der Waals surface area contributed by atoms with Crippen LogP contribution in [0.1, 0.15) is 23.6 Å². The molecular formula is C16H18N2O2S. The van der Waals surface area contributed by atoms with Gasteiger partial charge in [0.25, 0.3) is 10.0 Å². The molecule has 0 atom stereocenters. The summed E-state index contributed by atoms with van der Waals surface area (Å²) in [6, 6.07) is 14.7. The van der Waals surface area contributed by atoms with Gasteiger partial charge in [0.1, 0.15) is 0 Å². The van der Waals surface area contributed by atoms with E-state index in [4.69, 9.17) is 0 Å². The average Bonchev–Trinajstić information content (AvgIpc) is 2.48. The molecule has 4 nitrogen and oxygen atoms in total. The van der Waals surface area contributed by atoms with E-state index in [9.17, 15) is 8.42 Å².